The third-order valence-electron chi connectivity index (χ3n) is 2.83. The van der Waals surface area contributed by atoms with Crippen LogP contribution in [0.2, 0.25) is 10.0 Å². The van der Waals surface area contributed by atoms with Gasteiger partial charge in [0.05, 0.1) is 24.8 Å². The van der Waals surface area contributed by atoms with Gasteiger partial charge in [0, 0.05) is 10.6 Å². The first kappa shape index (κ1) is 14.7. The van der Waals surface area contributed by atoms with Gasteiger partial charge in [0.15, 0.2) is 5.78 Å². The monoisotopic (exact) mass is 310 g/mol. The molecule has 0 N–H and O–H groups in total. The summed E-state index contributed by atoms with van der Waals surface area (Å²) in [4.78, 5) is 12.5. The average molecular weight is 311 g/mol. The first-order valence-corrected chi connectivity index (χ1v) is 6.54. The van der Waals surface area contributed by atoms with E-state index in [1.54, 1.807) is 36.4 Å². The number of benzene rings is 2. The molecule has 0 aliphatic rings. The second-order valence-corrected chi connectivity index (χ2v) is 4.86. The molecular formula is C15H12Cl2O3. The summed E-state index contributed by atoms with van der Waals surface area (Å²) in [5, 5.41) is 0.773. The van der Waals surface area contributed by atoms with Crippen molar-refractivity contribution in [2.45, 2.75) is 0 Å². The molecule has 2 rings (SSSR count). The van der Waals surface area contributed by atoms with Crippen molar-refractivity contribution < 1.29 is 14.3 Å². The molecule has 0 radical (unpaired) electrons. The smallest absolute Gasteiger partial charge is 0.198 e. The van der Waals surface area contributed by atoms with Crippen LogP contribution in [0, 0.1) is 0 Å². The Morgan fingerprint density at radius 2 is 1.70 bits per heavy atom. The lowest BCUT2D eigenvalue weighted by Gasteiger charge is -2.10. The SMILES string of the molecule is COc1ccc(C(=O)c2cc(Cl)ccc2OC)c(Cl)c1. The minimum atomic E-state index is -0.253. The van der Waals surface area contributed by atoms with Crippen LogP contribution in [-0.2, 0) is 0 Å². The van der Waals surface area contributed by atoms with Gasteiger partial charge in [-0.3, -0.25) is 4.79 Å². The van der Waals surface area contributed by atoms with Crippen molar-refractivity contribution in [1.82, 2.24) is 0 Å². The molecule has 0 saturated carbocycles. The van der Waals surface area contributed by atoms with Gasteiger partial charge in [0.1, 0.15) is 11.5 Å². The van der Waals surface area contributed by atoms with Gasteiger partial charge in [-0.05, 0) is 36.4 Å². The van der Waals surface area contributed by atoms with Crippen LogP contribution >= 0.6 is 23.2 Å². The van der Waals surface area contributed by atoms with Gasteiger partial charge in [-0.2, -0.15) is 0 Å². The van der Waals surface area contributed by atoms with Crippen molar-refractivity contribution in [2.24, 2.45) is 0 Å². The number of methoxy groups -OCH3 is 2. The van der Waals surface area contributed by atoms with E-state index < -0.39 is 0 Å². The van der Waals surface area contributed by atoms with Crippen LogP contribution < -0.4 is 9.47 Å². The van der Waals surface area contributed by atoms with Gasteiger partial charge in [-0.1, -0.05) is 23.2 Å². The predicted octanol–water partition coefficient (Wildman–Crippen LogP) is 4.24. The summed E-state index contributed by atoms with van der Waals surface area (Å²) in [6.07, 6.45) is 0. The lowest BCUT2D eigenvalue weighted by molar-refractivity contribution is 0.103. The largest absolute Gasteiger partial charge is 0.497 e. The topological polar surface area (TPSA) is 35.5 Å². The van der Waals surface area contributed by atoms with Crippen molar-refractivity contribution in [1.29, 1.82) is 0 Å². The van der Waals surface area contributed by atoms with Gasteiger partial charge < -0.3 is 9.47 Å². The van der Waals surface area contributed by atoms with Gasteiger partial charge in [-0.15, -0.1) is 0 Å². The molecule has 0 bridgehead atoms. The second-order valence-electron chi connectivity index (χ2n) is 4.02. The molecule has 0 aliphatic carbocycles. The summed E-state index contributed by atoms with van der Waals surface area (Å²) in [6.45, 7) is 0. The standard InChI is InChI=1S/C15H12Cl2O3/c1-19-10-4-5-11(13(17)8-10)15(18)12-7-9(16)3-6-14(12)20-2/h3-8H,1-2H3. The van der Waals surface area contributed by atoms with Crippen molar-refractivity contribution in [3.05, 3.63) is 57.6 Å². The molecule has 0 amide bonds. The lowest BCUT2D eigenvalue weighted by atomic mass is 10.0. The van der Waals surface area contributed by atoms with Gasteiger partial charge in [-0.25, -0.2) is 0 Å². The van der Waals surface area contributed by atoms with E-state index in [9.17, 15) is 4.79 Å². The number of hydrogen-bond acceptors (Lipinski definition) is 3. The quantitative estimate of drug-likeness (QED) is 0.792. The van der Waals surface area contributed by atoms with Crippen LogP contribution in [0.1, 0.15) is 15.9 Å². The fourth-order valence-corrected chi connectivity index (χ4v) is 2.24. The molecule has 0 heterocycles. The van der Waals surface area contributed by atoms with Crippen LogP contribution in [-0.4, -0.2) is 20.0 Å². The fraction of sp³-hybridized carbons (Fsp3) is 0.133. The summed E-state index contributed by atoms with van der Waals surface area (Å²) >= 11 is 12.0. The lowest BCUT2D eigenvalue weighted by Crippen LogP contribution is -2.05. The third kappa shape index (κ3) is 2.89. The molecule has 0 unspecified atom stereocenters. The van der Waals surface area contributed by atoms with E-state index in [4.69, 9.17) is 32.7 Å². The molecule has 3 nitrogen and oxygen atoms in total. The molecule has 0 fully saturated rings. The average Bonchev–Trinajstić information content (AvgIpc) is 2.46. The Labute approximate surface area is 127 Å². The highest BCUT2D eigenvalue weighted by molar-refractivity contribution is 6.35. The molecule has 2 aromatic rings. The zero-order valence-electron chi connectivity index (χ0n) is 10.9. The highest BCUT2D eigenvalue weighted by Gasteiger charge is 2.18. The van der Waals surface area contributed by atoms with Crippen LogP contribution in [0.3, 0.4) is 0 Å². The number of carbonyl (C=O) groups is 1. The minimum absolute atomic E-state index is 0.253. The van der Waals surface area contributed by atoms with Crippen LogP contribution in [0.5, 0.6) is 11.5 Å². The van der Waals surface area contributed by atoms with Crippen LogP contribution in [0.25, 0.3) is 0 Å². The zero-order chi connectivity index (χ0) is 14.7. The normalized spacial score (nSPS) is 10.2. The minimum Gasteiger partial charge on any atom is -0.497 e. The molecule has 0 spiro atoms. The summed E-state index contributed by atoms with van der Waals surface area (Å²) in [5.41, 5.74) is 0.736. The molecule has 0 aliphatic heterocycles. The summed E-state index contributed by atoms with van der Waals surface area (Å²) in [5.74, 6) is 0.785. The Morgan fingerprint density at radius 3 is 2.30 bits per heavy atom. The number of halogens is 2. The number of carbonyl (C=O) groups excluding carboxylic acids is 1. The predicted molar refractivity (Wildman–Crippen MR) is 79.4 cm³/mol. The van der Waals surface area contributed by atoms with E-state index in [-0.39, 0.29) is 5.78 Å². The molecule has 20 heavy (non-hydrogen) atoms. The fourth-order valence-electron chi connectivity index (χ4n) is 1.81. The summed E-state index contributed by atoms with van der Waals surface area (Å²) in [6, 6.07) is 9.74. The number of hydrogen-bond donors (Lipinski definition) is 0. The first-order valence-electron chi connectivity index (χ1n) is 5.78. The Hall–Kier alpha value is -1.71. The van der Waals surface area contributed by atoms with Crippen LogP contribution in [0.15, 0.2) is 36.4 Å². The van der Waals surface area contributed by atoms with Gasteiger partial charge in [0.2, 0.25) is 0 Å². The van der Waals surface area contributed by atoms with E-state index in [0.29, 0.717) is 32.7 Å². The number of ether oxygens (including phenoxy) is 2. The molecule has 5 heteroatoms. The zero-order valence-corrected chi connectivity index (χ0v) is 12.5. The maximum absolute atomic E-state index is 12.5. The Balaban J connectivity index is 2.48. The van der Waals surface area contributed by atoms with Gasteiger partial charge >= 0.3 is 0 Å². The summed E-state index contributed by atoms with van der Waals surface area (Å²) in [7, 11) is 3.03. The third-order valence-corrected chi connectivity index (χ3v) is 3.37. The van der Waals surface area contributed by atoms with Crippen molar-refractivity contribution in [3.8, 4) is 11.5 Å². The van der Waals surface area contributed by atoms with E-state index in [1.165, 1.54) is 14.2 Å². The first-order chi connectivity index (χ1) is 9.56. The highest BCUT2D eigenvalue weighted by Crippen LogP contribution is 2.29. The van der Waals surface area contributed by atoms with Crippen molar-refractivity contribution in [3.63, 3.8) is 0 Å². The van der Waals surface area contributed by atoms with E-state index in [0.717, 1.165) is 0 Å². The number of rotatable bonds is 4. The Kier molecular flexibility index (Phi) is 4.53. The molecule has 104 valence electrons. The number of ketones is 1. The maximum Gasteiger partial charge on any atom is 0.198 e. The van der Waals surface area contributed by atoms with E-state index in [2.05, 4.69) is 0 Å². The summed E-state index contributed by atoms with van der Waals surface area (Å²) < 4.78 is 10.2. The van der Waals surface area contributed by atoms with E-state index >= 15 is 0 Å². The molecular weight excluding hydrogens is 299 g/mol. The van der Waals surface area contributed by atoms with Crippen molar-refractivity contribution in [2.75, 3.05) is 14.2 Å². The Bertz CT molecular complexity index is 654. The van der Waals surface area contributed by atoms with Gasteiger partial charge in [0.25, 0.3) is 0 Å². The van der Waals surface area contributed by atoms with E-state index in [1.807, 2.05) is 0 Å². The molecule has 0 saturated heterocycles. The Morgan fingerprint density at radius 1 is 0.950 bits per heavy atom. The van der Waals surface area contributed by atoms with Crippen molar-refractivity contribution >= 4 is 29.0 Å². The second kappa shape index (κ2) is 6.16. The molecule has 2 aromatic carbocycles. The van der Waals surface area contributed by atoms with Crippen LogP contribution in [0.4, 0.5) is 0 Å². The highest BCUT2D eigenvalue weighted by atomic mass is 35.5. The maximum atomic E-state index is 12.5. The molecule has 0 aromatic heterocycles. The molecule has 0 atom stereocenters.